The molecule has 1 heterocycles. The van der Waals surface area contributed by atoms with E-state index in [1.165, 1.54) is 36.4 Å². The van der Waals surface area contributed by atoms with Crippen LogP contribution in [0, 0.1) is 17.6 Å². The van der Waals surface area contributed by atoms with Crippen molar-refractivity contribution in [2.24, 2.45) is 5.92 Å². The molecule has 0 spiro atoms. The average molecular weight is 345 g/mol. The molecule has 1 atom stereocenters. The molecule has 1 fully saturated rings. The minimum absolute atomic E-state index is 0.156. The van der Waals surface area contributed by atoms with Gasteiger partial charge in [0.25, 0.3) is 0 Å². The van der Waals surface area contributed by atoms with Gasteiger partial charge in [0.2, 0.25) is 11.8 Å². The van der Waals surface area contributed by atoms with E-state index in [1.807, 2.05) is 0 Å². The first-order valence-corrected chi connectivity index (χ1v) is 7.39. The van der Waals surface area contributed by atoms with Gasteiger partial charge in [-0.3, -0.25) is 9.59 Å². The van der Waals surface area contributed by atoms with Crippen LogP contribution in [-0.4, -0.2) is 24.4 Å². The summed E-state index contributed by atoms with van der Waals surface area (Å²) < 4.78 is 25.9. The van der Waals surface area contributed by atoms with Crippen molar-refractivity contribution >= 4 is 29.2 Å². The molecule has 3 rings (SSSR count). The summed E-state index contributed by atoms with van der Waals surface area (Å²) >= 11 is 0. The third kappa shape index (κ3) is 3.47. The van der Waals surface area contributed by atoms with Gasteiger partial charge in [-0.25, -0.2) is 18.5 Å². The molecule has 1 aliphatic rings. The lowest BCUT2D eigenvalue weighted by molar-refractivity contribution is -0.130. The molecule has 1 unspecified atom stereocenters. The Morgan fingerprint density at radius 3 is 2.16 bits per heavy atom. The van der Waals surface area contributed by atoms with E-state index in [0.717, 1.165) is 17.0 Å². The van der Waals surface area contributed by atoms with Crippen molar-refractivity contribution in [3.8, 4) is 0 Å². The number of halogens is 2. The van der Waals surface area contributed by atoms with Crippen molar-refractivity contribution in [2.45, 2.75) is 0 Å². The first-order valence-electron chi connectivity index (χ1n) is 7.39. The van der Waals surface area contributed by atoms with Gasteiger partial charge < -0.3 is 10.6 Å². The number of urea groups is 1. The van der Waals surface area contributed by atoms with Gasteiger partial charge in [-0.1, -0.05) is 0 Å². The number of anilines is 2. The Morgan fingerprint density at radius 2 is 1.56 bits per heavy atom. The molecule has 8 heteroatoms. The number of imide groups is 1. The Morgan fingerprint density at radius 1 is 1.00 bits per heavy atom. The van der Waals surface area contributed by atoms with Gasteiger partial charge in [-0.2, -0.15) is 0 Å². The van der Waals surface area contributed by atoms with Gasteiger partial charge in [-0.05, 0) is 48.5 Å². The Bertz CT molecular complexity index is 822. The molecular formula is C17H13F2N3O3. The Hall–Kier alpha value is -3.29. The number of hydrogen-bond donors (Lipinski definition) is 2. The Balaban J connectivity index is 1.79. The number of carbonyl (C=O) groups excluding carboxylic acids is 3. The van der Waals surface area contributed by atoms with E-state index in [2.05, 4.69) is 10.6 Å². The second-order valence-corrected chi connectivity index (χ2v) is 5.38. The molecule has 1 aliphatic heterocycles. The van der Waals surface area contributed by atoms with E-state index in [9.17, 15) is 23.2 Å². The van der Waals surface area contributed by atoms with E-state index >= 15 is 0 Å². The van der Waals surface area contributed by atoms with Gasteiger partial charge in [0.15, 0.2) is 0 Å². The summed E-state index contributed by atoms with van der Waals surface area (Å²) in [5.74, 6) is -3.49. The highest BCUT2D eigenvalue weighted by Crippen LogP contribution is 2.21. The molecule has 25 heavy (non-hydrogen) atoms. The van der Waals surface area contributed by atoms with E-state index in [0.29, 0.717) is 5.69 Å². The summed E-state index contributed by atoms with van der Waals surface area (Å²) in [7, 11) is 0. The minimum atomic E-state index is -1.16. The van der Waals surface area contributed by atoms with E-state index in [-0.39, 0.29) is 12.2 Å². The molecule has 0 aromatic heterocycles. The maximum absolute atomic E-state index is 13.0. The molecule has 2 N–H and O–H groups in total. The maximum atomic E-state index is 13.0. The number of benzene rings is 2. The summed E-state index contributed by atoms with van der Waals surface area (Å²) in [6.45, 7) is -0.164. The first kappa shape index (κ1) is 16.6. The lowest BCUT2D eigenvalue weighted by Gasteiger charge is -2.30. The SMILES string of the molecule is O=C(Nc1ccc(F)cc1)C1CNC(=O)N(c2ccc(F)cc2)C1=O. The summed E-state index contributed by atoms with van der Waals surface area (Å²) in [5.41, 5.74) is 0.479. The summed E-state index contributed by atoms with van der Waals surface area (Å²) in [5, 5.41) is 4.95. The molecule has 0 saturated carbocycles. The van der Waals surface area contributed by atoms with Crippen LogP contribution in [0.1, 0.15) is 0 Å². The third-order valence-electron chi connectivity index (χ3n) is 3.69. The molecular weight excluding hydrogens is 332 g/mol. The van der Waals surface area contributed by atoms with Crippen molar-refractivity contribution in [2.75, 3.05) is 16.8 Å². The van der Waals surface area contributed by atoms with Gasteiger partial charge >= 0.3 is 6.03 Å². The number of hydrogen-bond acceptors (Lipinski definition) is 3. The van der Waals surface area contributed by atoms with Crippen LogP contribution in [0.15, 0.2) is 48.5 Å². The Kier molecular flexibility index (Phi) is 4.42. The summed E-state index contributed by atoms with van der Waals surface area (Å²) in [6, 6.07) is 9.13. The van der Waals surface area contributed by atoms with Crippen LogP contribution < -0.4 is 15.5 Å². The van der Waals surface area contributed by atoms with Gasteiger partial charge in [0.05, 0.1) is 5.69 Å². The summed E-state index contributed by atoms with van der Waals surface area (Å²) in [4.78, 5) is 37.7. The van der Waals surface area contributed by atoms with Crippen molar-refractivity contribution in [3.05, 3.63) is 60.2 Å². The smallest absolute Gasteiger partial charge is 0.328 e. The number of amides is 4. The molecule has 2 aromatic carbocycles. The topological polar surface area (TPSA) is 78.5 Å². The second kappa shape index (κ2) is 6.68. The predicted molar refractivity (Wildman–Crippen MR) is 85.8 cm³/mol. The highest BCUT2D eigenvalue weighted by molar-refractivity contribution is 6.23. The van der Waals surface area contributed by atoms with E-state index in [1.54, 1.807) is 0 Å². The normalized spacial score (nSPS) is 17.2. The van der Waals surface area contributed by atoms with E-state index in [4.69, 9.17) is 0 Å². The monoisotopic (exact) mass is 345 g/mol. The highest BCUT2D eigenvalue weighted by atomic mass is 19.1. The molecule has 0 bridgehead atoms. The zero-order valence-electron chi connectivity index (χ0n) is 12.8. The van der Waals surface area contributed by atoms with Gasteiger partial charge in [0, 0.05) is 12.2 Å². The van der Waals surface area contributed by atoms with Crippen LogP contribution in [-0.2, 0) is 9.59 Å². The van der Waals surface area contributed by atoms with Crippen LogP contribution in [0.3, 0.4) is 0 Å². The zero-order valence-corrected chi connectivity index (χ0v) is 12.8. The third-order valence-corrected chi connectivity index (χ3v) is 3.69. The highest BCUT2D eigenvalue weighted by Gasteiger charge is 2.39. The van der Waals surface area contributed by atoms with Gasteiger partial charge in [0.1, 0.15) is 17.6 Å². The molecule has 4 amide bonds. The number of nitrogens with one attached hydrogen (secondary N) is 2. The van der Waals surface area contributed by atoms with E-state index < -0.39 is 35.4 Å². The van der Waals surface area contributed by atoms with Crippen molar-refractivity contribution in [3.63, 3.8) is 0 Å². The van der Waals surface area contributed by atoms with Crippen LogP contribution in [0.25, 0.3) is 0 Å². The molecule has 128 valence electrons. The molecule has 0 radical (unpaired) electrons. The zero-order chi connectivity index (χ0) is 18.0. The van der Waals surface area contributed by atoms with Crippen molar-refractivity contribution in [1.29, 1.82) is 0 Å². The lowest BCUT2D eigenvalue weighted by atomic mass is 10.0. The molecule has 1 saturated heterocycles. The molecule has 0 aliphatic carbocycles. The molecule has 2 aromatic rings. The minimum Gasteiger partial charge on any atom is -0.336 e. The maximum Gasteiger partial charge on any atom is 0.328 e. The number of carbonyl (C=O) groups is 3. The standard InChI is InChI=1S/C17H13F2N3O3/c18-10-1-5-12(6-2-10)21-15(23)14-9-20-17(25)22(16(14)24)13-7-3-11(19)4-8-13/h1-8,14H,9H2,(H,20,25)(H,21,23). The van der Waals surface area contributed by atoms with Crippen LogP contribution in [0.5, 0.6) is 0 Å². The van der Waals surface area contributed by atoms with Crippen LogP contribution >= 0.6 is 0 Å². The quantitative estimate of drug-likeness (QED) is 0.838. The Labute approximate surface area is 141 Å². The fourth-order valence-electron chi connectivity index (χ4n) is 2.41. The van der Waals surface area contributed by atoms with Gasteiger partial charge in [-0.15, -0.1) is 0 Å². The van der Waals surface area contributed by atoms with Crippen molar-refractivity contribution < 1.29 is 23.2 Å². The predicted octanol–water partition coefficient (Wildman–Crippen LogP) is 2.28. The lowest BCUT2D eigenvalue weighted by Crippen LogP contribution is -2.58. The van der Waals surface area contributed by atoms with Crippen LogP contribution in [0.2, 0.25) is 0 Å². The second-order valence-electron chi connectivity index (χ2n) is 5.38. The van der Waals surface area contributed by atoms with Crippen molar-refractivity contribution in [1.82, 2.24) is 5.32 Å². The number of rotatable bonds is 3. The largest absolute Gasteiger partial charge is 0.336 e. The average Bonchev–Trinajstić information content (AvgIpc) is 2.58. The fourth-order valence-corrected chi connectivity index (χ4v) is 2.41. The summed E-state index contributed by atoms with van der Waals surface area (Å²) in [6.07, 6.45) is 0. The fraction of sp³-hybridized carbons (Fsp3) is 0.118. The molecule has 6 nitrogen and oxygen atoms in total. The first-order chi connectivity index (χ1) is 12.0. The number of nitrogens with zero attached hydrogens (tertiary/aromatic N) is 1. The van der Waals surface area contributed by atoms with Crippen LogP contribution in [0.4, 0.5) is 25.0 Å².